The predicted molar refractivity (Wildman–Crippen MR) is 84.0 cm³/mol. The Morgan fingerprint density at radius 1 is 1.25 bits per heavy atom. The maximum atomic E-state index is 5.37. The summed E-state index contributed by atoms with van der Waals surface area (Å²) in [5.74, 6) is 0.845. The average molecular weight is 304 g/mol. The van der Waals surface area contributed by atoms with Crippen molar-refractivity contribution in [1.29, 1.82) is 0 Å². The van der Waals surface area contributed by atoms with E-state index >= 15 is 0 Å². The minimum absolute atomic E-state index is 0.845. The Kier molecular flexibility index (Phi) is 4.00. The zero-order valence-electron chi connectivity index (χ0n) is 11.5. The summed E-state index contributed by atoms with van der Waals surface area (Å²) in [4.78, 5) is 8.35. The van der Waals surface area contributed by atoms with Gasteiger partial charge in [0.2, 0.25) is 0 Å². The fourth-order valence-corrected chi connectivity index (χ4v) is 3.80. The molecule has 0 saturated carbocycles. The molecule has 3 rings (SSSR count). The fourth-order valence-electron chi connectivity index (χ4n) is 2.04. The number of nitrogens with zero attached hydrogens (tertiary/aromatic N) is 2. The lowest BCUT2D eigenvalue weighted by atomic mass is 10.3. The molecule has 3 nitrogen and oxygen atoms in total. The number of hydrogen-bond acceptors (Lipinski definition) is 5. The summed E-state index contributed by atoms with van der Waals surface area (Å²) in [6.45, 7) is 3.99. The summed E-state index contributed by atoms with van der Waals surface area (Å²) in [7, 11) is 2.13. The van der Waals surface area contributed by atoms with Crippen molar-refractivity contribution in [3.63, 3.8) is 0 Å². The SMILES string of the molecule is Cc1ccsc1CN(C)Cc1csc(-c2ccco2)n1. The zero-order chi connectivity index (χ0) is 13.9. The first kappa shape index (κ1) is 13.5. The van der Waals surface area contributed by atoms with Gasteiger partial charge in [-0.05, 0) is 43.1 Å². The van der Waals surface area contributed by atoms with Crippen LogP contribution in [0.4, 0.5) is 0 Å². The normalized spacial score (nSPS) is 11.3. The molecule has 0 aromatic carbocycles. The Balaban J connectivity index is 1.65. The third kappa shape index (κ3) is 3.00. The molecule has 20 heavy (non-hydrogen) atoms. The van der Waals surface area contributed by atoms with Gasteiger partial charge in [-0.2, -0.15) is 0 Å². The van der Waals surface area contributed by atoms with Gasteiger partial charge in [-0.3, -0.25) is 4.90 Å². The van der Waals surface area contributed by atoms with E-state index in [0.29, 0.717) is 0 Å². The Bertz CT molecular complexity index is 670. The van der Waals surface area contributed by atoms with Gasteiger partial charge >= 0.3 is 0 Å². The molecule has 0 saturated heterocycles. The predicted octanol–water partition coefficient (Wildman–Crippen LogP) is 4.41. The average Bonchev–Trinajstić information content (AvgIpc) is 3.12. The first-order valence-corrected chi connectivity index (χ1v) is 8.18. The third-order valence-corrected chi connectivity index (χ3v) is 5.01. The van der Waals surface area contributed by atoms with Crippen molar-refractivity contribution in [2.45, 2.75) is 20.0 Å². The second-order valence-electron chi connectivity index (χ2n) is 4.82. The lowest BCUT2D eigenvalue weighted by molar-refractivity contribution is 0.318. The van der Waals surface area contributed by atoms with Gasteiger partial charge in [-0.1, -0.05) is 0 Å². The first-order valence-electron chi connectivity index (χ1n) is 6.42. The van der Waals surface area contributed by atoms with Crippen LogP contribution in [-0.2, 0) is 13.1 Å². The molecule has 0 bridgehead atoms. The highest BCUT2D eigenvalue weighted by Crippen LogP contribution is 2.25. The van der Waals surface area contributed by atoms with Crippen LogP contribution in [0.2, 0.25) is 0 Å². The summed E-state index contributed by atoms with van der Waals surface area (Å²) < 4.78 is 5.37. The van der Waals surface area contributed by atoms with Gasteiger partial charge in [0.1, 0.15) is 0 Å². The summed E-state index contributed by atoms with van der Waals surface area (Å²) in [5, 5.41) is 5.21. The third-order valence-electron chi connectivity index (χ3n) is 3.10. The lowest BCUT2D eigenvalue weighted by Crippen LogP contribution is -2.17. The number of thiophene rings is 1. The molecule has 3 aromatic heterocycles. The maximum absolute atomic E-state index is 5.37. The fraction of sp³-hybridized carbons (Fsp3) is 0.267. The molecule has 104 valence electrons. The zero-order valence-corrected chi connectivity index (χ0v) is 13.1. The van der Waals surface area contributed by atoms with E-state index in [4.69, 9.17) is 4.42 Å². The van der Waals surface area contributed by atoms with Crippen LogP contribution in [0.15, 0.2) is 39.6 Å². The van der Waals surface area contributed by atoms with Crippen molar-refractivity contribution >= 4 is 22.7 Å². The van der Waals surface area contributed by atoms with E-state index in [1.165, 1.54) is 10.4 Å². The highest BCUT2D eigenvalue weighted by atomic mass is 32.1. The molecular weight excluding hydrogens is 288 g/mol. The Morgan fingerprint density at radius 2 is 2.15 bits per heavy atom. The summed E-state index contributed by atoms with van der Waals surface area (Å²) in [6, 6.07) is 6.01. The number of thiazole rings is 1. The van der Waals surface area contributed by atoms with Crippen LogP contribution in [-0.4, -0.2) is 16.9 Å². The van der Waals surface area contributed by atoms with Gasteiger partial charge in [-0.25, -0.2) is 4.98 Å². The molecule has 5 heteroatoms. The molecule has 0 aliphatic rings. The molecule has 3 aromatic rings. The molecule has 0 spiro atoms. The largest absolute Gasteiger partial charge is 0.462 e. The van der Waals surface area contributed by atoms with E-state index in [9.17, 15) is 0 Å². The first-order chi connectivity index (χ1) is 9.72. The van der Waals surface area contributed by atoms with Crippen LogP contribution in [0.25, 0.3) is 10.8 Å². The highest BCUT2D eigenvalue weighted by molar-refractivity contribution is 7.13. The topological polar surface area (TPSA) is 29.3 Å². The maximum Gasteiger partial charge on any atom is 0.162 e. The molecule has 0 aliphatic heterocycles. The van der Waals surface area contributed by atoms with E-state index in [-0.39, 0.29) is 0 Å². The number of hydrogen-bond donors (Lipinski definition) is 0. The Morgan fingerprint density at radius 3 is 2.85 bits per heavy atom. The molecule has 0 radical (unpaired) electrons. The van der Waals surface area contributed by atoms with Gasteiger partial charge in [-0.15, -0.1) is 22.7 Å². The van der Waals surface area contributed by atoms with Gasteiger partial charge in [0.15, 0.2) is 10.8 Å². The van der Waals surface area contributed by atoms with Crippen LogP contribution >= 0.6 is 22.7 Å². The molecule has 0 N–H and O–H groups in total. The smallest absolute Gasteiger partial charge is 0.162 e. The van der Waals surface area contributed by atoms with E-state index in [1.54, 1.807) is 17.6 Å². The van der Waals surface area contributed by atoms with Crippen LogP contribution in [0, 0.1) is 6.92 Å². The minimum atomic E-state index is 0.845. The van der Waals surface area contributed by atoms with E-state index in [0.717, 1.165) is 29.6 Å². The quantitative estimate of drug-likeness (QED) is 0.699. The van der Waals surface area contributed by atoms with Gasteiger partial charge < -0.3 is 4.42 Å². The molecule has 0 aliphatic carbocycles. The molecule has 0 atom stereocenters. The molecular formula is C15H16N2OS2. The molecule has 3 heterocycles. The van der Waals surface area contributed by atoms with Crippen LogP contribution in [0.5, 0.6) is 0 Å². The summed E-state index contributed by atoms with van der Waals surface area (Å²) in [6.07, 6.45) is 1.68. The van der Waals surface area contributed by atoms with Crippen molar-refractivity contribution in [3.05, 3.63) is 51.4 Å². The molecule has 0 amide bonds. The molecule has 0 fully saturated rings. The summed E-state index contributed by atoms with van der Waals surface area (Å²) in [5.41, 5.74) is 2.47. The number of aryl methyl sites for hydroxylation is 1. The van der Waals surface area contributed by atoms with Crippen molar-refractivity contribution in [1.82, 2.24) is 9.88 Å². The Hall–Kier alpha value is -1.43. The van der Waals surface area contributed by atoms with Crippen LogP contribution < -0.4 is 0 Å². The standard InChI is InChI=1S/C15H16N2OS2/c1-11-5-7-19-14(11)9-17(2)8-12-10-20-15(16-12)13-4-3-6-18-13/h3-7,10H,8-9H2,1-2H3. The van der Waals surface area contributed by atoms with Crippen molar-refractivity contribution in [2.24, 2.45) is 0 Å². The lowest BCUT2D eigenvalue weighted by Gasteiger charge is -2.14. The van der Waals surface area contributed by atoms with E-state index in [2.05, 4.69) is 40.7 Å². The Labute approximate surface area is 126 Å². The number of furan rings is 1. The van der Waals surface area contributed by atoms with E-state index < -0.39 is 0 Å². The van der Waals surface area contributed by atoms with Crippen molar-refractivity contribution in [2.75, 3.05) is 7.05 Å². The summed E-state index contributed by atoms with van der Waals surface area (Å²) >= 11 is 3.45. The monoisotopic (exact) mass is 304 g/mol. The minimum Gasteiger partial charge on any atom is -0.462 e. The second kappa shape index (κ2) is 5.91. The highest BCUT2D eigenvalue weighted by Gasteiger charge is 2.10. The number of aromatic nitrogens is 1. The van der Waals surface area contributed by atoms with E-state index in [1.807, 2.05) is 23.5 Å². The number of rotatable bonds is 5. The second-order valence-corrected chi connectivity index (χ2v) is 6.68. The van der Waals surface area contributed by atoms with Gasteiger partial charge in [0, 0.05) is 23.3 Å². The van der Waals surface area contributed by atoms with Gasteiger partial charge in [0.05, 0.1) is 12.0 Å². The molecule has 0 unspecified atom stereocenters. The van der Waals surface area contributed by atoms with Crippen LogP contribution in [0.3, 0.4) is 0 Å². The van der Waals surface area contributed by atoms with Gasteiger partial charge in [0.25, 0.3) is 0 Å². The van der Waals surface area contributed by atoms with Crippen LogP contribution in [0.1, 0.15) is 16.1 Å². The van der Waals surface area contributed by atoms with Crippen molar-refractivity contribution in [3.8, 4) is 10.8 Å². The van der Waals surface area contributed by atoms with Crippen molar-refractivity contribution < 1.29 is 4.42 Å².